The maximum absolute atomic E-state index is 12.8. The van der Waals surface area contributed by atoms with Crippen molar-refractivity contribution in [1.29, 1.82) is 0 Å². The Bertz CT molecular complexity index is 812. The molecule has 6 rings (SSSR count). The molecule has 7 heteroatoms. The Balaban J connectivity index is 1.41. The monoisotopic (exact) mass is 376 g/mol. The van der Waals surface area contributed by atoms with E-state index in [-0.39, 0.29) is 41.0 Å². The van der Waals surface area contributed by atoms with Crippen LogP contribution < -0.4 is 5.43 Å². The van der Waals surface area contributed by atoms with Crippen molar-refractivity contribution in [1.82, 2.24) is 10.4 Å². The maximum Gasteiger partial charge on any atom is 0.270 e. The fourth-order valence-corrected chi connectivity index (χ4v) is 5.44. The highest BCUT2D eigenvalue weighted by Gasteiger charge is 2.67. The molecule has 1 N–H and O–H groups in total. The van der Waals surface area contributed by atoms with E-state index in [9.17, 15) is 14.4 Å². The third-order valence-electron chi connectivity index (χ3n) is 6.00. The van der Waals surface area contributed by atoms with Crippen molar-refractivity contribution in [2.24, 2.45) is 35.5 Å². The van der Waals surface area contributed by atoms with Gasteiger partial charge in [0.1, 0.15) is 0 Å². The number of nitrogens with one attached hydrogen (secondary N) is 1. The maximum atomic E-state index is 12.8. The number of imide groups is 1. The summed E-state index contributed by atoms with van der Waals surface area (Å²) in [6, 6.07) is 4.40. The summed E-state index contributed by atoms with van der Waals surface area (Å²) in [5.74, 6) is -0.565. The molecule has 5 aliphatic rings. The molecule has 1 aromatic carbocycles. The molecule has 0 aromatic heterocycles. The minimum absolute atomic E-state index is 0.124. The van der Waals surface area contributed by atoms with Gasteiger partial charge in [0.25, 0.3) is 17.7 Å². The van der Waals surface area contributed by atoms with Gasteiger partial charge in [-0.05, 0) is 48.3 Å². The average Bonchev–Trinajstić information content (AvgIpc) is 3.35. The number of amides is 3. The molecule has 25 heavy (non-hydrogen) atoms. The number of nitrogens with zero attached hydrogens (tertiary/aromatic N) is 1. The SMILES string of the molecule is O=C(NN1C(=O)C2C3C=CC(C4CC34)C2C1=O)c1cc(Cl)cc(Cl)c1. The van der Waals surface area contributed by atoms with E-state index in [0.717, 1.165) is 11.4 Å². The van der Waals surface area contributed by atoms with Gasteiger partial charge in [0.15, 0.2) is 0 Å². The second-order valence-corrected chi connectivity index (χ2v) is 8.14. The van der Waals surface area contributed by atoms with Crippen LogP contribution in [-0.4, -0.2) is 22.7 Å². The van der Waals surface area contributed by atoms with Gasteiger partial charge >= 0.3 is 0 Å². The molecule has 2 saturated carbocycles. The molecule has 5 nitrogen and oxygen atoms in total. The van der Waals surface area contributed by atoms with Crippen LogP contribution in [0.3, 0.4) is 0 Å². The summed E-state index contributed by atoms with van der Waals surface area (Å²) >= 11 is 11.8. The molecule has 1 aromatic rings. The zero-order valence-electron chi connectivity index (χ0n) is 13.0. The Labute approximate surface area is 153 Å². The van der Waals surface area contributed by atoms with Gasteiger partial charge in [0.05, 0.1) is 11.8 Å². The van der Waals surface area contributed by atoms with Gasteiger partial charge in [-0.1, -0.05) is 35.4 Å². The Hall–Kier alpha value is -1.85. The number of hydrazine groups is 1. The molecule has 3 amide bonds. The van der Waals surface area contributed by atoms with Gasteiger partial charge < -0.3 is 0 Å². The summed E-state index contributed by atoms with van der Waals surface area (Å²) in [4.78, 5) is 38.1. The number of benzene rings is 1. The Morgan fingerprint density at radius 1 is 0.960 bits per heavy atom. The van der Waals surface area contributed by atoms with Crippen LogP contribution in [0.25, 0.3) is 0 Å². The Morgan fingerprint density at radius 3 is 2.00 bits per heavy atom. The van der Waals surface area contributed by atoms with Crippen LogP contribution in [0.1, 0.15) is 16.8 Å². The van der Waals surface area contributed by atoms with Crippen molar-refractivity contribution in [3.05, 3.63) is 46.0 Å². The van der Waals surface area contributed by atoms with E-state index in [4.69, 9.17) is 23.2 Å². The molecule has 6 atom stereocenters. The van der Waals surface area contributed by atoms with E-state index in [1.54, 1.807) is 0 Å². The van der Waals surface area contributed by atoms with Crippen molar-refractivity contribution >= 4 is 40.9 Å². The van der Waals surface area contributed by atoms with Gasteiger partial charge in [-0.15, -0.1) is 0 Å². The zero-order valence-corrected chi connectivity index (χ0v) is 14.5. The normalized spacial score (nSPS) is 37.1. The van der Waals surface area contributed by atoms with Gasteiger partial charge in [0, 0.05) is 15.6 Å². The summed E-state index contributed by atoms with van der Waals surface area (Å²) < 4.78 is 0. The first kappa shape index (κ1) is 15.4. The molecule has 3 fully saturated rings. The first-order valence-electron chi connectivity index (χ1n) is 8.29. The third kappa shape index (κ3) is 2.12. The number of hydrogen-bond donors (Lipinski definition) is 1. The molecule has 0 radical (unpaired) electrons. The van der Waals surface area contributed by atoms with Crippen LogP contribution >= 0.6 is 23.2 Å². The van der Waals surface area contributed by atoms with Gasteiger partial charge in [-0.25, -0.2) is 0 Å². The molecule has 1 aliphatic heterocycles. The lowest BCUT2D eigenvalue weighted by Gasteiger charge is -2.37. The second-order valence-electron chi connectivity index (χ2n) is 7.27. The Morgan fingerprint density at radius 2 is 1.48 bits per heavy atom. The predicted octanol–water partition coefficient (Wildman–Crippen LogP) is 2.69. The first-order chi connectivity index (χ1) is 12.0. The van der Waals surface area contributed by atoms with Gasteiger partial charge in [-0.2, -0.15) is 5.01 Å². The summed E-state index contributed by atoms with van der Waals surface area (Å²) in [5.41, 5.74) is 2.66. The topological polar surface area (TPSA) is 66.5 Å². The Kier molecular flexibility index (Phi) is 3.13. The van der Waals surface area contributed by atoms with E-state index in [0.29, 0.717) is 21.9 Å². The van der Waals surface area contributed by atoms with Crippen molar-refractivity contribution in [3.8, 4) is 0 Å². The smallest absolute Gasteiger partial charge is 0.270 e. The van der Waals surface area contributed by atoms with Crippen LogP contribution in [0.15, 0.2) is 30.4 Å². The molecule has 1 saturated heterocycles. The van der Waals surface area contributed by atoms with Crippen molar-refractivity contribution in [2.45, 2.75) is 6.42 Å². The standard InChI is InChI=1S/C18H14Cl2N2O3/c19-8-3-7(4-9(20)5-8)16(23)21-22-17(24)14-10-1-2-11(13-6-12(10)13)15(14)18(22)25/h1-5,10-15H,6H2,(H,21,23). The number of carbonyl (C=O) groups is 3. The molecular weight excluding hydrogens is 363 g/mol. The number of hydrogen-bond acceptors (Lipinski definition) is 3. The van der Waals surface area contributed by atoms with E-state index < -0.39 is 5.91 Å². The second kappa shape index (κ2) is 5.08. The lowest BCUT2D eigenvalue weighted by Crippen LogP contribution is -2.46. The van der Waals surface area contributed by atoms with Crippen molar-refractivity contribution in [3.63, 3.8) is 0 Å². The average molecular weight is 377 g/mol. The van der Waals surface area contributed by atoms with E-state index in [1.165, 1.54) is 18.2 Å². The lowest BCUT2D eigenvalue weighted by atomic mass is 9.63. The van der Waals surface area contributed by atoms with Crippen molar-refractivity contribution < 1.29 is 14.4 Å². The van der Waals surface area contributed by atoms with Crippen LogP contribution in [0, 0.1) is 35.5 Å². The molecule has 1 heterocycles. The van der Waals surface area contributed by atoms with E-state index in [2.05, 4.69) is 17.6 Å². The highest BCUT2D eigenvalue weighted by atomic mass is 35.5. The fraction of sp³-hybridized carbons (Fsp3) is 0.389. The van der Waals surface area contributed by atoms with Crippen LogP contribution in [-0.2, 0) is 9.59 Å². The third-order valence-corrected chi connectivity index (χ3v) is 6.44. The molecule has 128 valence electrons. The number of carbonyl (C=O) groups excluding carboxylic acids is 3. The molecule has 2 bridgehead atoms. The zero-order chi connectivity index (χ0) is 17.5. The van der Waals surface area contributed by atoms with Gasteiger partial charge in [0.2, 0.25) is 0 Å². The summed E-state index contributed by atoms with van der Waals surface area (Å²) in [6.45, 7) is 0. The number of rotatable bonds is 2. The van der Waals surface area contributed by atoms with Crippen LogP contribution in [0.5, 0.6) is 0 Å². The molecule has 6 unspecified atom stereocenters. The van der Waals surface area contributed by atoms with Crippen LogP contribution in [0.4, 0.5) is 0 Å². The first-order valence-corrected chi connectivity index (χ1v) is 9.04. The van der Waals surface area contributed by atoms with E-state index >= 15 is 0 Å². The van der Waals surface area contributed by atoms with Crippen molar-refractivity contribution in [2.75, 3.05) is 0 Å². The predicted molar refractivity (Wildman–Crippen MR) is 90.5 cm³/mol. The summed E-state index contributed by atoms with van der Waals surface area (Å²) in [5, 5.41) is 1.53. The summed E-state index contributed by atoms with van der Waals surface area (Å²) in [6.07, 6.45) is 5.28. The fourth-order valence-electron chi connectivity index (χ4n) is 4.92. The summed E-state index contributed by atoms with van der Waals surface area (Å²) in [7, 11) is 0. The largest absolute Gasteiger partial charge is 0.272 e. The van der Waals surface area contributed by atoms with E-state index in [1.807, 2.05) is 0 Å². The molecule has 4 aliphatic carbocycles. The van der Waals surface area contributed by atoms with Crippen LogP contribution in [0.2, 0.25) is 10.0 Å². The molecule has 0 spiro atoms. The molecular formula is C18H14Cl2N2O3. The lowest BCUT2D eigenvalue weighted by molar-refractivity contribution is -0.143. The highest BCUT2D eigenvalue weighted by molar-refractivity contribution is 6.35. The minimum atomic E-state index is -0.574. The minimum Gasteiger partial charge on any atom is -0.272 e. The van der Waals surface area contributed by atoms with Gasteiger partial charge in [-0.3, -0.25) is 19.8 Å². The highest BCUT2D eigenvalue weighted by Crippen LogP contribution is 2.65. The number of allylic oxidation sites excluding steroid dienone is 2. The quantitative estimate of drug-likeness (QED) is 0.637. The number of halogens is 2.